The molecule has 1 aliphatic heterocycles. The molecule has 4 rings (SSSR count). The van der Waals surface area contributed by atoms with Gasteiger partial charge in [-0.3, -0.25) is 4.98 Å². The molecule has 0 bridgehead atoms. The Morgan fingerprint density at radius 1 is 0.605 bits per heavy atom. The van der Waals surface area contributed by atoms with E-state index in [1.165, 1.54) is 28.0 Å². The lowest BCUT2D eigenvalue weighted by Gasteiger charge is -2.36. The van der Waals surface area contributed by atoms with Gasteiger partial charge in [0.2, 0.25) is 0 Å². The lowest BCUT2D eigenvalue weighted by atomic mass is 9.69. The van der Waals surface area contributed by atoms with Crippen molar-refractivity contribution in [3.05, 3.63) is 76.6 Å². The van der Waals surface area contributed by atoms with Gasteiger partial charge in [0, 0.05) is 12.7 Å². The number of benzene rings is 1. The zero-order chi connectivity index (χ0) is 31.0. The number of hydrogen-bond acceptors (Lipinski definition) is 2. The van der Waals surface area contributed by atoms with E-state index in [1.807, 2.05) is 117 Å². The van der Waals surface area contributed by atoms with Crippen molar-refractivity contribution in [3.8, 4) is 0 Å². The molecule has 1 aromatic carbocycles. The summed E-state index contributed by atoms with van der Waals surface area (Å²) in [5.74, 6) is 0. The van der Waals surface area contributed by atoms with Gasteiger partial charge in [-0.1, -0.05) is 153 Å². The monoisotopic (exact) mass is 531 g/mol. The van der Waals surface area contributed by atoms with Crippen molar-refractivity contribution in [2.45, 2.75) is 142 Å². The predicted molar refractivity (Wildman–Crippen MR) is 181 cm³/mol. The van der Waals surface area contributed by atoms with Crippen molar-refractivity contribution in [2.24, 2.45) is 0 Å². The summed E-state index contributed by atoms with van der Waals surface area (Å²) in [5.41, 5.74) is 7.00. The number of aryl methyl sites for hydroxylation is 2. The maximum Gasteiger partial charge on any atom is 0.0579 e. The fraction of sp³-hybridized carbons (Fsp3) is 0.639. The van der Waals surface area contributed by atoms with Crippen LogP contribution in [0.25, 0.3) is 0 Å². The van der Waals surface area contributed by atoms with Crippen molar-refractivity contribution >= 4 is 0 Å². The van der Waals surface area contributed by atoms with Crippen LogP contribution in [0.1, 0.15) is 147 Å². The maximum absolute atomic E-state index is 4.85. The van der Waals surface area contributed by atoms with E-state index in [1.54, 1.807) is 0 Å². The normalized spacial score (nSPS) is 15.1. The van der Waals surface area contributed by atoms with Crippen LogP contribution in [0, 0.1) is 0 Å². The Morgan fingerprint density at radius 3 is 1.58 bits per heavy atom. The molecule has 0 radical (unpaired) electrons. The fourth-order valence-corrected chi connectivity index (χ4v) is 4.12. The molecule has 1 atom stereocenters. The summed E-state index contributed by atoms with van der Waals surface area (Å²) >= 11 is 0. The number of nitrogens with one attached hydrogen (secondary N) is 1. The number of aromatic nitrogens is 1. The molecule has 1 aliphatic carbocycles. The summed E-state index contributed by atoms with van der Waals surface area (Å²) in [6.07, 6.45) is 7.62. The van der Waals surface area contributed by atoms with Gasteiger partial charge in [-0.05, 0) is 55.5 Å². The molecule has 1 unspecified atom stereocenters. The van der Waals surface area contributed by atoms with E-state index >= 15 is 0 Å². The lowest BCUT2D eigenvalue weighted by molar-refractivity contribution is 0.570. The molecule has 2 heteroatoms. The molecule has 0 saturated carbocycles. The van der Waals surface area contributed by atoms with E-state index in [2.05, 4.69) is 54.7 Å². The van der Waals surface area contributed by atoms with Crippen LogP contribution < -0.4 is 5.32 Å². The highest BCUT2D eigenvalue weighted by molar-refractivity contribution is 5.53. The van der Waals surface area contributed by atoms with Gasteiger partial charge in [-0.25, -0.2) is 0 Å². The molecular weight excluding hydrogens is 460 g/mol. The lowest BCUT2D eigenvalue weighted by Crippen LogP contribution is -2.34. The first kappa shape index (κ1) is 46.0. The molecule has 0 fully saturated rings. The molecule has 0 spiro atoms. The van der Waals surface area contributed by atoms with Gasteiger partial charge in [-0.2, -0.15) is 0 Å². The minimum atomic E-state index is -0.0915. The Hall–Kier alpha value is -1.93. The summed E-state index contributed by atoms with van der Waals surface area (Å²) < 4.78 is 0. The third kappa shape index (κ3) is 14.3. The van der Waals surface area contributed by atoms with E-state index in [0.29, 0.717) is 0 Å². The minimum Gasteiger partial charge on any atom is -0.313 e. The molecule has 0 saturated heterocycles. The highest BCUT2D eigenvalue weighted by Crippen LogP contribution is 2.44. The number of fused-ring (bicyclic) bond motifs is 2. The van der Waals surface area contributed by atoms with Crippen molar-refractivity contribution < 1.29 is 0 Å². The van der Waals surface area contributed by atoms with E-state index in [9.17, 15) is 0 Å². The Morgan fingerprint density at radius 2 is 1.08 bits per heavy atom. The second-order valence-corrected chi connectivity index (χ2v) is 6.48. The summed E-state index contributed by atoms with van der Waals surface area (Å²) in [6.45, 7) is 36.4. The van der Waals surface area contributed by atoms with Crippen molar-refractivity contribution in [2.75, 3.05) is 13.1 Å². The Bertz CT molecular complexity index is 684. The van der Waals surface area contributed by atoms with Crippen molar-refractivity contribution in [3.63, 3.8) is 0 Å². The number of hydrogen-bond donors (Lipinski definition) is 1. The van der Waals surface area contributed by atoms with Crippen LogP contribution in [0.4, 0.5) is 0 Å². The van der Waals surface area contributed by atoms with Gasteiger partial charge in [-0.15, -0.1) is 0 Å². The Balaban J connectivity index is -0.000000196. The molecule has 38 heavy (non-hydrogen) atoms. The van der Waals surface area contributed by atoms with Gasteiger partial charge < -0.3 is 5.32 Å². The first-order chi connectivity index (χ1) is 18.8. The van der Waals surface area contributed by atoms with E-state index < -0.39 is 0 Å². The quantitative estimate of drug-likeness (QED) is 0.371. The molecule has 224 valence electrons. The van der Waals surface area contributed by atoms with Crippen LogP contribution in [-0.4, -0.2) is 18.1 Å². The van der Waals surface area contributed by atoms with Gasteiger partial charge in [0.05, 0.1) is 11.1 Å². The van der Waals surface area contributed by atoms with E-state index in [4.69, 9.17) is 4.98 Å². The van der Waals surface area contributed by atoms with Crippen LogP contribution in [0.5, 0.6) is 0 Å². The average Bonchev–Trinajstić information content (AvgIpc) is 3.20. The zero-order valence-corrected chi connectivity index (χ0v) is 29.1. The van der Waals surface area contributed by atoms with E-state index in [-0.39, 0.29) is 5.41 Å². The molecule has 1 N–H and O–H groups in total. The third-order valence-electron chi connectivity index (χ3n) is 5.29. The SMILES string of the molecule is CC.CC.CC.CC.CC.CC.CC.CC.CC1(C2=CCNCC2)c2ccccc2CCc2cccnc21. The van der Waals surface area contributed by atoms with Gasteiger partial charge in [0.15, 0.2) is 0 Å². The predicted octanol–water partition coefficient (Wildman–Crippen LogP) is 11.6. The highest BCUT2D eigenvalue weighted by atomic mass is 14.9. The average molecular weight is 531 g/mol. The molecule has 0 amide bonds. The Labute approximate surface area is 242 Å². The molecule has 2 nitrogen and oxygen atoms in total. The largest absolute Gasteiger partial charge is 0.313 e. The first-order valence-corrected chi connectivity index (χ1v) is 16.2. The zero-order valence-electron chi connectivity index (χ0n) is 29.1. The van der Waals surface area contributed by atoms with Crippen LogP contribution in [0.15, 0.2) is 54.2 Å². The summed E-state index contributed by atoms with van der Waals surface area (Å²) in [5, 5.41) is 3.44. The van der Waals surface area contributed by atoms with Crippen LogP contribution in [0.2, 0.25) is 0 Å². The van der Waals surface area contributed by atoms with Crippen molar-refractivity contribution in [1.82, 2.24) is 10.3 Å². The van der Waals surface area contributed by atoms with Crippen LogP contribution in [0.3, 0.4) is 0 Å². The summed E-state index contributed by atoms with van der Waals surface area (Å²) in [6, 6.07) is 13.3. The van der Waals surface area contributed by atoms with Gasteiger partial charge >= 0.3 is 0 Å². The first-order valence-electron chi connectivity index (χ1n) is 16.2. The molecular formula is C36H70N2. The number of rotatable bonds is 1. The molecule has 2 heterocycles. The van der Waals surface area contributed by atoms with Crippen LogP contribution >= 0.6 is 0 Å². The number of nitrogens with zero attached hydrogens (tertiary/aromatic N) is 1. The molecule has 2 aromatic rings. The smallest absolute Gasteiger partial charge is 0.0579 e. The fourth-order valence-electron chi connectivity index (χ4n) is 4.12. The van der Waals surface area contributed by atoms with Gasteiger partial charge in [0.1, 0.15) is 0 Å². The number of pyridine rings is 1. The summed E-state index contributed by atoms with van der Waals surface area (Å²) in [7, 11) is 0. The highest BCUT2D eigenvalue weighted by Gasteiger charge is 2.39. The third-order valence-corrected chi connectivity index (χ3v) is 5.29. The van der Waals surface area contributed by atoms with Crippen molar-refractivity contribution in [1.29, 1.82) is 0 Å². The second kappa shape index (κ2) is 35.1. The van der Waals surface area contributed by atoms with Crippen LogP contribution in [-0.2, 0) is 18.3 Å². The second-order valence-electron chi connectivity index (χ2n) is 6.48. The molecule has 2 aliphatic rings. The Kier molecular flexibility index (Phi) is 42.4. The standard InChI is InChI=1S/C20H22N2.8C2H6/c1-20(17-10-13-21-14-11-17)18-7-3-2-5-15(18)8-9-16-6-4-12-22-19(16)20;8*1-2/h2-7,10,12,21H,8-9,11,13-14H2,1H3;8*1-2H3. The minimum absolute atomic E-state index is 0.0915. The molecule has 1 aromatic heterocycles. The maximum atomic E-state index is 4.85. The van der Waals surface area contributed by atoms with Gasteiger partial charge in [0.25, 0.3) is 0 Å². The topological polar surface area (TPSA) is 24.9 Å². The summed E-state index contributed by atoms with van der Waals surface area (Å²) in [4.78, 5) is 4.85. The van der Waals surface area contributed by atoms with E-state index in [0.717, 1.165) is 32.4 Å².